The van der Waals surface area contributed by atoms with Crippen LogP contribution in [0, 0.1) is 6.92 Å². The summed E-state index contributed by atoms with van der Waals surface area (Å²) < 4.78 is 4.20. The average molecular weight is 319 g/mol. The summed E-state index contributed by atoms with van der Waals surface area (Å²) in [6.07, 6.45) is 0. The first-order chi connectivity index (χ1) is 10.1. The number of nitrogens with one attached hydrogen (secondary N) is 2. The third kappa shape index (κ3) is 4.24. The van der Waals surface area contributed by atoms with Gasteiger partial charge in [0, 0.05) is 6.54 Å². The first-order valence-electron chi connectivity index (χ1n) is 6.42. The number of hydrogen-bond donors (Lipinski definition) is 3. The highest BCUT2D eigenvalue weighted by atomic mass is 32.1. The minimum Gasteiger partial charge on any atom is -0.389 e. The Kier molecular flexibility index (Phi) is 5.24. The molecule has 0 amide bonds. The summed E-state index contributed by atoms with van der Waals surface area (Å²) in [4.78, 5) is 0. The third-order valence-electron chi connectivity index (χ3n) is 2.87. The Morgan fingerprint density at radius 1 is 1.38 bits per heavy atom. The second-order valence-electron chi connectivity index (χ2n) is 4.48. The van der Waals surface area contributed by atoms with E-state index in [1.54, 1.807) is 0 Å². The summed E-state index contributed by atoms with van der Waals surface area (Å²) in [5.74, 6) is 0. The molecule has 0 aliphatic rings. The van der Waals surface area contributed by atoms with Crippen molar-refractivity contribution in [2.24, 2.45) is 5.10 Å². The van der Waals surface area contributed by atoms with Gasteiger partial charge < -0.3 is 11.1 Å². The van der Waals surface area contributed by atoms with Crippen molar-refractivity contribution >= 4 is 39.6 Å². The number of rotatable bonds is 4. The maximum Gasteiger partial charge on any atom is 0.187 e. The molecule has 1 heterocycles. The molecule has 21 heavy (non-hydrogen) atoms. The molecule has 0 aliphatic heterocycles. The van der Waals surface area contributed by atoms with E-state index in [1.165, 1.54) is 11.5 Å². The van der Waals surface area contributed by atoms with Gasteiger partial charge in [-0.25, -0.2) is 0 Å². The second kappa shape index (κ2) is 7.14. The first kappa shape index (κ1) is 15.4. The summed E-state index contributed by atoms with van der Waals surface area (Å²) in [6, 6.07) is 10.0. The van der Waals surface area contributed by atoms with Crippen molar-refractivity contribution in [3.05, 3.63) is 47.2 Å². The van der Waals surface area contributed by atoms with Gasteiger partial charge in [-0.3, -0.25) is 5.43 Å². The molecule has 0 unspecified atom stereocenters. The fourth-order valence-corrected chi connectivity index (χ4v) is 2.67. The largest absolute Gasteiger partial charge is 0.389 e. The number of nitrogens with two attached hydrogens (primary N) is 1. The molecular formula is C14H17N5S2. The zero-order valence-electron chi connectivity index (χ0n) is 11.9. The Balaban J connectivity index is 1.90. The topological polar surface area (TPSA) is 75.3 Å². The quantitative estimate of drug-likeness (QED) is 0.458. The normalized spacial score (nSPS) is 11.2. The second-order valence-corrected chi connectivity index (χ2v) is 5.70. The van der Waals surface area contributed by atoms with Gasteiger partial charge in [-0.05, 0) is 43.2 Å². The van der Waals surface area contributed by atoms with Crippen LogP contribution in [-0.4, -0.2) is 15.2 Å². The number of nitrogen functional groups attached to an aromatic ring is 1. The van der Waals surface area contributed by atoms with Gasteiger partial charge in [0.05, 0.1) is 17.0 Å². The summed E-state index contributed by atoms with van der Waals surface area (Å²) in [6.45, 7) is 4.44. The zero-order chi connectivity index (χ0) is 15.2. The van der Waals surface area contributed by atoms with Gasteiger partial charge in [-0.1, -0.05) is 30.3 Å². The highest BCUT2D eigenvalue weighted by Crippen LogP contribution is 2.21. The molecule has 4 N–H and O–H groups in total. The van der Waals surface area contributed by atoms with Crippen molar-refractivity contribution < 1.29 is 0 Å². The van der Waals surface area contributed by atoms with E-state index in [-0.39, 0.29) is 0 Å². The molecule has 110 valence electrons. The van der Waals surface area contributed by atoms with Crippen molar-refractivity contribution in [2.45, 2.75) is 20.4 Å². The Morgan fingerprint density at radius 2 is 2.10 bits per heavy atom. The van der Waals surface area contributed by atoms with Crippen molar-refractivity contribution in [2.75, 3.05) is 5.73 Å². The van der Waals surface area contributed by atoms with Crippen LogP contribution in [0.25, 0.3) is 0 Å². The van der Waals surface area contributed by atoms with Crippen molar-refractivity contribution in [1.29, 1.82) is 0 Å². The molecule has 0 bridgehead atoms. The van der Waals surface area contributed by atoms with Gasteiger partial charge in [-0.15, -0.1) is 0 Å². The maximum atomic E-state index is 5.88. The number of aromatic nitrogens is 1. The molecule has 1 aromatic heterocycles. The monoisotopic (exact) mass is 319 g/mol. The molecule has 0 radical (unpaired) electrons. The van der Waals surface area contributed by atoms with Crippen LogP contribution in [0.3, 0.4) is 0 Å². The molecule has 2 rings (SSSR count). The lowest BCUT2D eigenvalue weighted by Crippen LogP contribution is -2.32. The Morgan fingerprint density at radius 3 is 2.71 bits per heavy atom. The Labute approximate surface area is 133 Å². The van der Waals surface area contributed by atoms with Gasteiger partial charge in [0.2, 0.25) is 0 Å². The lowest BCUT2D eigenvalue weighted by molar-refractivity contribution is 0.866. The molecule has 0 atom stereocenters. The van der Waals surface area contributed by atoms with E-state index in [9.17, 15) is 0 Å². The molecule has 1 aromatic carbocycles. The number of nitrogens with zero attached hydrogens (tertiary/aromatic N) is 2. The molecule has 0 aliphatic carbocycles. The molecule has 5 nitrogen and oxygen atoms in total. The van der Waals surface area contributed by atoms with Gasteiger partial charge >= 0.3 is 0 Å². The fourth-order valence-electron chi connectivity index (χ4n) is 1.84. The van der Waals surface area contributed by atoms with E-state index in [0.29, 0.717) is 16.7 Å². The standard InChI is InChI=1S/C14H17N5S2/c1-9(12-10(2)19-21-13(12)15)17-18-14(20)16-8-11-6-4-3-5-7-11/h3-7H,8,15H2,1-2H3,(H2,16,18,20)/b17-9-. The van der Waals surface area contributed by atoms with E-state index >= 15 is 0 Å². The lowest BCUT2D eigenvalue weighted by atomic mass is 10.2. The number of benzene rings is 1. The van der Waals surface area contributed by atoms with Crippen LogP contribution in [0.5, 0.6) is 0 Å². The maximum absolute atomic E-state index is 5.88. The van der Waals surface area contributed by atoms with Gasteiger partial charge in [0.1, 0.15) is 5.00 Å². The molecule has 0 spiro atoms. The first-order valence-corrected chi connectivity index (χ1v) is 7.60. The van der Waals surface area contributed by atoms with Crippen LogP contribution in [-0.2, 0) is 6.54 Å². The van der Waals surface area contributed by atoms with Gasteiger partial charge in [0.25, 0.3) is 0 Å². The highest BCUT2D eigenvalue weighted by Gasteiger charge is 2.10. The summed E-state index contributed by atoms with van der Waals surface area (Å²) in [5, 5.41) is 8.48. The van der Waals surface area contributed by atoms with Crippen LogP contribution < -0.4 is 16.5 Å². The van der Waals surface area contributed by atoms with Crippen molar-refractivity contribution in [3.8, 4) is 0 Å². The Hall–Kier alpha value is -1.99. The molecule has 0 saturated carbocycles. The van der Waals surface area contributed by atoms with Crippen molar-refractivity contribution in [3.63, 3.8) is 0 Å². The molecule has 0 fully saturated rings. The number of hydrazone groups is 1. The summed E-state index contributed by atoms with van der Waals surface area (Å²) >= 11 is 6.46. The minimum atomic E-state index is 0.470. The minimum absolute atomic E-state index is 0.470. The molecule has 7 heteroatoms. The number of aryl methyl sites for hydroxylation is 1. The fraction of sp³-hybridized carbons (Fsp3) is 0.214. The van der Waals surface area contributed by atoms with E-state index in [1.807, 2.05) is 44.2 Å². The highest BCUT2D eigenvalue weighted by molar-refractivity contribution is 7.80. The van der Waals surface area contributed by atoms with Crippen LogP contribution >= 0.6 is 23.8 Å². The van der Waals surface area contributed by atoms with Gasteiger partial charge in [0.15, 0.2) is 5.11 Å². The summed E-state index contributed by atoms with van der Waals surface area (Å²) in [7, 11) is 0. The third-order valence-corrected chi connectivity index (χ3v) is 3.87. The molecule has 2 aromatic rings. The van der Waals surface area contributed by atoms with Crippen LogP contribution in [0.2, 0.25) is 0 Å². The summed E-state index contributed by atoms with van der Waals surface area (Å²) in [5.41, 5.74) is 12.4. The SMILES string of the molecule is C/C(=N/NC(=S)NCc1ccccc1)c1c(C)nsc1N. The van der Waals surface area contributed by atoms with E-state index < -0.39 is 0 Å². The lowest BCUT2D eigenvalue weighted by Gasteiger charge is -2.08. The average Bonchev–Trinajstić information content (AvgIpc) is 2.83. The van der Waals surface area contributed by atoms with Crippen LogP contribution in [0.4, 0.5) is 5.00 Å². The number of anilines is 1. The predicted octanol–water partition coefficient (Wildman–Crippen LogP) is 2.42. The zero-order valence-corrected chi connectivity index (χ0v) is 13.5. The van der Waals surface area contributed by atoms with E-state index in [4.69, 9.17) is 18.0 Å². The van der Waals surface area contributed by atoms with Gasteiger partial charge in [-0.2, -0.15) is 9.47 Å². The number of thiocarbonyl (C=S) groups is 1. The number of hydrogen-bond acceptors (Lipinski definition) is 5. The Bertz CT molecular complexity index is 629. The van der Waals surface area contributed by atoms with E-state index in [0.717, 1.165) is 22.5 Å². The van der Waals surface area contributed by atoms with E-state index in [2.05, 4.69) is 20.2 Å². The molecular weight excluding hydrogens is 302 g/mol. The molecule has 0 saturated heterocycles. The predicted molar refractivity (Wildman–Crippen MR) is 92.5 cm³/mol. The smallest absolute Gasteiger partial charge is 0.187 e. The van der Waals surface area contributed by atoms with Crippen LogP contribution in [0.15, 0.2) is 35.4 Å². The van der Waals surface area contributed by atoms with Crippen molar-refractivity contribution in [1.82, 2.24) is 15.1 Å². The van der Waals surface area contributed by atoms with Crippen LogP contribution in [0.1, 0.15) is 23.7 Å².